The summed E-state index contributed by atoms with van der Waals surface area (Å²) in [5, 5.41) is 33.6. The van der Waals surface area contributed by atoms with E-state index in [2.05, 4.69) is 0 Å². The highest BCUT2D eigenvalue weighted by Gasteiger charge is 2.85. The number of rotatable bonds is 4. The first-order valence-electron chi connectivity index (χ1n) is 12.7. The number of esters is 3. The van der Waals surface area contributed by atoms with E-state index < -0.39 is 82.3 Å². The number of methoxy groups -OCH3 is 1. The van der Waals surface area contributed by atoms with Crippen LogP contribution in [0.2, 0.25) is 0 Å². The van der Waals surface area contributed by atoms with Crippen LogP contribution in [0.5, 0.6) is 0 Å². The van der Waals surface area contributed by atoms with Gasteiger partial charge in [-0.3, -0.25) is 9.59 Å². The predicted molar refractivity (Wildman–Crippen MR) is 123 cm³/mol. The van der Waals surface area contributed by atoms with Crippen LogP contribution in [0.4, 0.5) is 0 Å². The summed E-state index contributed by atoms with van der Waals surface area (Å²) in [7, 11) is 1.10. The summed E-state index contributed by atoms with van der Waals surface area (Å²) in [6.45, 7) is 6.84. The van der Waals surface area contributed by atoms with Gasteiger partial charge < -0.3 is 34.3 Å². The van der Waals surface area contributed by atoms with Crippen LogP contribution in [0.3, 0.4) is 0 Å². The molecule has 37 heavy (non-hydrogen) atoms. The topological polar surface area (TPSA) is 166 Å². The Labute approximate surface area is 214 Å². The van der Waals surface area contributed by atoms with Gasteiger partial charge in [0.15, 0.2) is 11.5 Å². The minimum absolute atomic E-state index is 0.00513. The Morgan fingerprint density at radius 2 is 1.86 bits per heavy atom. The van der Waals surface area contributed by atoms with E-state index in [9.17, 15) is 34.5 Å². The second-order valence-electron chi connectivity index (χ2n) is 11.9. The molecule has 3 aliphatic carbocycles. The Morgan fingerprint density at radius 1 is 1.19 bits per heavy atom. The lowest BCUT2D eigenvalue weighted by atomic mass is 9.38. The van der Waals surface area contributed by atoms with Crippen LogP contribution in [-0.2, 0) is 38.1 Å². The van der Waals surface area contributed by atoms with Crippen molar-refractivity contribution in [1.82, 2.24) is 0 Å². The Balaban J connectivity index is 1.72. The van der Waals surface area contributed by atoms with Gasteiger partial charge >= 0.3 is 17.9 Å². The molecule has 0 aromatic rings. The van der Waals surface area contributed by atoms with Crippen molar-refractivity contribution in [2.24, 2.45) is 34.5 Å². The third-order valence-corrected chi connectivity index (χ3v) is 9.67. The normalized spacial score (nSPS) is 46.2. The second kappa shape index (κ2) is 8.25. The first-order valence-corrected chi connectivity index (χ1v) is 12.7. The van der Waals surface area contributed by atoms with Crippen LogP contribution in [-0.4, -0.2) is 82.7 Å². The second-order valence-corrected chi connectivity index (χ2v) is 11.9. The lowest BCUT2D eigenvalue weighted by Crippen LogP contribution is -2.79. The predicted octanol–water partition coefficient (Wildman–Crippen LogP) is 0.597. The van der Waals surface area contributed by atoms with Crippen molar-refractivity contribution in [3.8, 4) is 0 Å². The van der Waals surface area contributed by atoms with Crippen molar-refractivity contribution in [3.63, 3.8) is 0 Å². The molecular formula is C26H34O11. The van der Waals surface area contributed by atoms with Gasteiger partial charge in [-0.1, -0.05) is 20.8 Å². The highest BCUT2D eigenvalue weighted by atomic mass is 16.6. The van der Waals surface area contributed by atoms with Gasteiger partial charge in [-0.15, -0.1) is 0 Å². The van der Waals surface area contributed by atoms with E-state index in [-0.39, 0.29) is 37.5 Å². The van der Waals surface area contributed by atoms with Crippen LogP contribution >= 0.6 is 0 Å². The van der Waals surface area contributed by atoms with Crippen molar-refractivity contribution >= 4 is 23.7 Å². The number of aliphatic hydroxyl groups is 3. The molecule has 0 aromatic heterocycles. The average Bonchev–Trinajstić information content (AvgIpc) is 3.12. The highest BCUT2D eigenvalue weighted by Crippen LogP contribution is 2.72. The Hall–Kier alpha value is -2.50. The van der Waals surface area contributed by atoms with Crippen molar-refractivity contribution in [1.29, 1.82) is 0 Å². The largest absolute Gasteiger partial charge is 0.504 e. The molecule has 204 valence electrons. The number of allylic oxidation sites excluding steroid dienone is 2. The van der Waals surface area contributed by atoms with E-state index in [0.717, 1.165) is 7.11 Å². The number of carbonyl (C=O) groups excluding carboxylic acids is 4. The zero-order valence-electron chi connectivity index (χ0n) is 21.6. The Morgan fingerprint density at radius 3 is 2.49 bits per heavy atom. The first-order chi connectivity index (χ1) is 17.3. The summed E-state index contributed by atoms with van der Waals surface area (Å²) in [6.07, 6.45) is -5.87. The quantitative estimate of drug-likeness (QED) is 0.349. The molecule has 0 radical (unpaired) electrons. The van der Waals surface area contributed by atoms with Crippen molar-refractivity contribution in [2.45, 2.75) is 77.0 Å². The average molecular weight is 523 g/mol. The van der Waals surface area contributed by atoms with Gasteiger partial charge in [0.2, 0.25) is 11.7 Å². The molecule has 0 amide bonds. The van der Waals surface area contributed by atoms with E-state index in [0.29, 0.717) is 5.57 Å². The number of ether oxygens (including phenoxy) is 4. The van der Waals surface area contributed by atoms with E-state index in [1.807, 2.05) is 13.8 Å². The number of Topliss-reactive ketones (excluding diaryl/α,β-unsaturated/α-hetero) is 1. The molecule has 2 heterocycles. The smallest absolute Gasteiger partial charge is 0.348 e. The maximum absolute atomic E-state index is 13.4. The first kappa shape index (κ1) is 26.1. The van der Waals surface area contributed by atoms with Crippen LogP contribution in [0.15, 0.2) is 11.3 Å². The molecule has 2 saturated heterocycles. The molecule has 1 spiro atoms. The molecule has 10 atom stereocenters. The molecule has 11 nitrogen and oxygen atoms in total. The van der Waals surface area contributed by atoms with Gasteiger partial charge in [0, 0.05) is 24.2 Å². The lowest BCUT2D eigenvalue weighted by molar-refractivity contribution is -0.290. The fraction of sp³-hybridized carbons (Fsp3) is 0.769. The summed E-state index contributed by atoms with van der Waals surface area (Å²) in [6, 6.07) is 0. The number of carbonyl (C=O) groups is 4. The molecule has 5 rings (SSSR count). The number of hydrogen-bond donors (Lipinski definition) is 3. The molecule has 2 saturated carbocycles. The van der Waals surface area contributed by atoms with E-state index in [4.69, 9.17) is 18.9 Å². The van der Waals surface area contributed by atoms with Gasteiger partial charge in [-0.05, 0) is 36.2 Å². The molecule has 11 heteroatoms. The Kier molecular flexibility index (Phi) is 5.82. The molecule has 5 aliphatic rings. The summed E-state index contributed by atoms with van der Waals surface area (Å²) >= 11 is 0. The molecule has 2 bridgehead atoms. The van der Waals surface area contributed by atoms with Crippen LogP contribution < -0.4 is 0 Å². The maximum Gasteiger partial charge on any atom is 0.348 e. The third kappa shape index (κ3) is 3.10. The molecule has 0 aromatic carbocycles. The third-order valence-electron chi connectivity index (χ3n) is 9.67. The highest BCUT2D eigenvalue weighted by molar-refractivity contribution is 5.95. The molecular weight excluding hydrogens is 488 g/mol. The number of fused-ring (bicyclic) bond motifs is 2. The van der Waals surface area contributed by atoms with Gasteiger partial charge in [-0.2, -0.15) is 0 Å². The monoisotopic (exact) mass is 522 g/mol. The minimum Gasteiger partial charge on any atom is -0.504 e. The van der Waals surface area contributed by atoms with Crippen molar-refractivity contribution < 1.29 is 53.4 Å². The number of hydrogen-bond acceptors (Lipinski definition) is 11. The fourth-order valence-electron chi connectivity index (χ4n) is 8.38. The van der Waals surface area contributed by atoms with E-state index in [1.165, 1.54) is 0 Å². The van der Waals surface area contributed by atoms with Crippen molar-refractivity contribution in [3.05, 3.63) is 11.3 Å². The van der Waals surface area contributed by atoms with Gasteiger partial charge in [-0.25, -0.2) is 9.59 Å². The maximum atomic E-state index is 13.4. The minimum atomic E-state index is -2.19. The zero-order chi connectivity index (χ0) is 27.2. The van der Waals surface area contributed by atoms with Crippen molar-refractivity contribution in [2.75, 3.05) is 13.7 Å². The number of aliphatic hydroxyl groups excluding tert-OH is 3. The van der Waals surface area contributed by atoms with E-state index in [1.54, 1.807) is 13.8 Å². The Bertz CT molecular complexity index is 1100. The van der Waals surface area contributed by atoms with Crippen LogP contribution in [0.25, 0.3) is 0 Å². The zero-order valence-corrected chi connectivity index (χ0v) is 21.6. The standard InChI is InChI=1S/C26H34O11/c1-10(2)6-15(28)37-18-20-25-9-35-26(20,23(33)34-5)21(31)17(30)19(25)24(4)8-13(27)16(29)11(3)12(24)7-14(25)36-22(18)32/h10,12,14,17-21,29-31H,6-9H2,1-5H3/t12-,14+,17+,18+,19+,20+,21-,24-,25+,26-/m0/s1. The van der Waals surface area contributed by atoms with E-state index >= 15 is 0 Å². The lowest BCUT2D eigenvalue weighted by Gasteiger charge is -2.67. The molecule has 0 unspecified atom stereocenters. The molecule has 4 fully saturated rings. The van der Waals surface area contributed by atoms with Gasteiger partial charge in [0.25, 0.3) is 0 Å². The summed E-state index contributed by atoms with van der Waals surface area (Å²) < 4.78 is 22.6. The van der Waals surface area contributed by atoms with Gasteiger partial charge in [0.1, 0.15) is 12.2 Å². The SMILES string of the molecule is COC(=O)[C@@]12OC[C@]34[C@H]([C@@H](O)[C@@H]1O)[C@@]1(C)CC(=O)C(O)=C(C)[C@@H]1C[C@H]3OC(=O)[C@H](OC(=O)CC(C)C)[C@@H]24. The van der Waals surface area contributed by atoms with Crippen LogP contribution in [0, 0.1) is 34.5 Å². The molecule has 3 N–H and O–H groups in total. The summed E-state index contributed by atoms with van der Waals surface area (Å²) in [5.41, 5.74) is -4.05. The van der Waals surface area contributed by atoms with Gasteiger partial charge in [0.05, 0.1) is 25.7 Å². The summed E-state index contributed by atoms with van der Waals surface area (Å²) in [4.78, 5) is 52.3. The fourth-order valence-corrected chi connectivity index (χ4v) is 8.38. The van der Waals surface area contributed by atoms with Crippen LogP contribution in [0.1, 0.15) is 47.0 Å². The number of ketones is 1. The summed E-state index contributed by atoms with van der Waals surface area (Å²) in [5.74, 6) is -6.09. The molecule has 2 aliphatic heterocycles.